The van der Waals surface area contributed by atoms with Crippen molar-refractivity contribution >= 4 is 15.7 Å². The van der Waals surface area contributed by atoms with Crippen LogP contribution < -0.4 is 5.73 Å². The highest BCUT2D eigenvalue weighted by molar-refractivity contribution is 7.92. The van der Waals surface area contributed by atoms with Gasteiger partial charge in [-0.25, -0.2) is 8.42 Å². The molecular weight excluding hydrogens is 278 g/mol. The van der Waals surface area contributed by atoms with Crippen molar-refractivity contribution in [3.05, 3.63) is 35.4 Å². The summed E-state index contributed by atoms with van der Waals surface area (Å²) in [5, 5.41) is -0.322. The third-order valence-electron chi connectivity index (χ3n) is 3.61. The van der Waals surface area contributed by atoms with Crippen LogP contribution in [-0.4, -0.2) is 38.5 Å². The first kappa shape index (κ1) is 15.0. The molecule has 1 aromatic carbocycles. The molecule has 2 rings (SSSR count). The highest BCUT2D eigenvalue weighted by Gasteiger charge is 2.27. The number of sulfone groups is 1. The van der Waals surface area contributed by atoms with Crippen molar-refractivity contribution in [2.24, 2.45) is 5.73 Å². The van der Waals surface area contributed by atoms with Crippen LogP contribution in [0.2, 0.25) is 0 Å². The van der Waals surface area contributed by atoms with Gasteiger partial charge in [-0.15, -0.1) is 0 Å². The summed E-state index contributed by atoms with van der Waals surface area (Å²) >= 11 is 0. The highest BCUT2D eigenvalue weighted by atomic mass is 32.2. The highest BCUT2D eigenvalue weighted by Crippen LogP contribution is 2.18. The third-order valence-corrected chi connectivity index (χ3v) is 5.88. The minimum atomic E-state index is -3.16. The summed E-state index contributed by atoms with van der Waals surface area (Å²) in [6.07, 6.45) is 1.43. The van der Waals surface area contributed by atoms with E-state index in [0.29, 0.717) is 43.6 Å². The molecule has 0 radical (unpaired) electrons. The lowest BCUT2D eigenvalue weighted by Crippen LogP contribution is -2.31. The number of aryl methyl sites for hydroxylation is 1. The quantitative estimate of drug-likeness (QED) is 0.875. The lowest BCUT2D eigenvalue weighted by Gasteiger charge is -2.22. The van der Waals surface area contributed by atoms with Crippen molar-refractivity contribution in [3.63, 3.8) is 0 Å². The SMILES string of the molecule is NC(=O)c1ccccc1CCS(=O)(=O)C1CCOCC1. The zero-order chi connectivity index (χ0) is 14.6. The van der Waals surface area contributed by atoms with Gasteiger partial charge in [-0.3, -0.25) is 4.79 Å². The summed E-state index contributed by atoms with van der Waals surface area (Å²) in [6.45, 7) is 1.00. The molecule has 0 saturated carbocycles. The first-order valence-electron chi connectivity index (χ1n) is 6.68. The number of amides is 1. The number of carbonyl (C=O) groups excluding carboxylic acids is 1. The average molecular weight is 297 g/mol. The zero-order valence-corrected chi connectivity index (χ0v) is 12.1. The number of hydrogen-bond acceptors (Lipinski definition) is 4. The fraction of sp³-hybridized carbons (Fsp3) is 0.500. The Labute approximate surface area is 119 Å². The molecule has 0 atom stereocenters. The Morgan fingerprint density at radius 2 is 1.90 bits per heavy atom. The summed E-state index contributed by atoms with van der Waals surface area (Å²) in [6, 6.07) is 6.87. The molecule has 1 saturated heterocycles. The number of rotatable bonds is 5. The molecule has 1 heterocycles. The lowest BCUT2D eigenvalue weighted by molar-refractivity contribution is 0.0983. The number of carbonyl (C=O) groups is 1. The largest absolute Gasteiger partial charge is 0.381 e. The Hall–Kier alpha value is -1.40. The minimum absolute atomic E-state index is 0.0436. The van der Waals surface area contributed by atoms with E-state index in [2.05, 4.69) is 0 Å². The van der Waals surface area contributed by atoms with Gasteiger partial charge >= 0.3 is 0 Å². The molecule has 2 N–H and O–H groups in total. The number of ether oxygens (including phenoxy) is 1. The van der Waals surface area contributed by atoms with Gasteiger partial charge in [-0.1, -0.05) is 18.2 Å². The summed E-state index contributed by atoms with van der Waals surface area (Å²) in [7, 11) is -3.16. The normalized spacial score (nSPS) is 17.0. The molecule has 0 spiro atoms. The Morgan fingerprint density at radius 1 is 1.25 bits per heavy atom. The van der Waals surface area contributed by atoms with Crippen molar-refractivity contribution in [2.75, 3.05) is 19.0 Å². The van der Waals surface area contributed by atoms with Crippen molar-refractivity contribution in [3.8, 4) is 0 Å². The van der Waals surface area contributed by atoms with Crippen LogP contribution in [0.25, 0.3) is 0 Å². The average Bonchev–Trinajstić information content (AvgIpc) is 2.46. The van der Waals surface area contributed by atoms with E-state index in [0.717, 1.165) is 0 Å². The molecule has 1 aliphatic heterocycles. The summed E-state index contributed by atoms with van der Waals surface area (Å²) in [5.41, 5.74) is 6.38. The molecule has 0 aromatic heterocycles. The predicted octanol–water partition coefficient (Wildman–Crippen LogP) is 0.922. The predicted molar refractivity (Wildman–Crippen MR) is 76.3 cm³/mol. The fourth-order valence-electron chi connectivity index (χ4n) is 2.43. The van der Waals surface area contributed by atoms with E-state index in [1.807, 2.05) is 0 Å². The number of primary amides is 1. The molecule has 110 valence electrons. The van der Waals surface area contributed by atoms with Gasteiger partial charge in [0.1, 0.15) is 0 Å². The summed E-state index contributed by atoms with van der Waals surface area (Å²) < 4.78 is 29.7. The molecule has 1 fully saturated rings. The van der Waals surface area contributed by atoms with Crippen LogP contribution in [0.4, 0.5) is 0 Å². The summed E-state index contributed by atoms with van der Waals surface area (Å²) in [5.74, 6) is -0.480. The van der Waals surface area contributed by atoms with Gasteiger partial charge in [0.05, 0.1) is 11.0 Å². The van der Waals surface area contributed by atoms with Crippen molar-refractivity contribution in [2.45, 2.75) is 24.5 Å². The van der Waals surface area contributed by atoms with Crippen LogP contribution in [0.3, 0.4) is 0 Å². The van der Waals surface area contributed by atoms with E-state index in [-0.39, 0.29) is 11.0 Å². The third kappa shape index (κ3) is 3.58. The van der Waals surface area contributed by atoms with E-state index in [9.17, 15) is 13.2 Å². The van der Waals surface area contributed by atoms with Gasteiger partial charge in [-0.2, -0.15) is 0 Å². The van der Waals surface area contributed by atoms with E-state index < -0.39 is 15.7 Å². The topological polar surface area (TPSA) is 86.5 Å². The molecule has 6 heteroatoms. The molecular formula is C14H19NO4S. The van der Waals surface area contributed by atoms with E-state index in [1.54, 1.807) is 24.3 Å². The Kier molecular flexibility index (Phi) is 4.77. The minimum Gasteiger partial charge on any atom is -0.381 e. The maximum atomic E-state index is 12.3. The van der Waals surface area contributed by atoms with Gasteiger partial charge in [0, 0.05) is 18.8 Å². The van der Waals surface area contributed by atoms with Crippen LogP contribution in [0.15, 0.2) is 24.3 Å². The van der Waals surface area contributed by atoms with E-state index in [4.69, 9.17) is 10.5 Å². The monoisotopic (exact) mass is 297 g/mol. The molecule has 20 heavy (non-hydrogen) atoms. The number of hydrogen-bond donors (Lipinski definition) is 1. The molecule has 1 aromatic rings. The van der Waals surface area contributed by atoms with Gasteiger partial charge in [0.2, 0.25) is 5.91 Å². The number of nitrogens with two attached hydrogens (primary N) is 1. The first-order chi connectivity index (χ1) is 9.50. The Morgan fingerprint density at radius 3 is 2.55 bits per heavy atom. The molecule has 5 nitrogen and oxygen atoms in total. The van der Waals surface area contributed by atoms with Gasteiger partial charge in [0.25, 0.3) is 0 Å². The Balaban J connectivity index is 2.06. The maximum absolute atomic E-state index is 12.3. The lowest BCUT2D eigenvalue weighted by atomic mass is 10.1. The van der Waals surface area contributed by atoms with Crippen LogP contribution in [0.5, 0.6) is 0 Å². The van der Waals surface area contributed by atoms with Crippen LogP contribution >= 0.6 is 0 Å². The second-order valence-corrected chi connectivity index (χ2v) is 7.35. The fourth-order valence-corrected chi connectivity index (χ4v) is 4.18. The van der Waals surface area contributed by atoms with Crippen molar-refractivity contribution < 1.29 is 17.9 Å². The molecule has 1 aliphatic rings. The van der Waals surface area contributed by atoms with Crippen molar-refractivity contribution in [1.29, 1.82) is 0 Å². The molecule has 0 bridgehead atoms. The van der Waals surface area contributed by atoms with E-state index >= 15 is 0 Å². The standard InChI is InChI=1S/C14H19NO4S/c15-14(16)13-4-2-1-3-11(13)7-10-20(17,18)12-5-8-19-9-6-12/h1-4,12H,5-10H2,(H2,15,16). The van der Waals surface area contributed by atoms with Crippen LogP contribution in [0.1, 0.15) is 28.8 Å². The molecule has 0 aliphatic carbocycles. The summed E-state index contributed by atoms with van der Waals surface area (Å²) in [4.78, 5) is 11.3. The van der Waals surface area contributed by atoms with Crippen LogP contribution in [0, 0.1) is 0 Å². The van der Waals surface area contributed by atoms with E-state index in [1.165, 1.54) is 0 Å². The molecule has 1 amide bonds. The second kappa shape index (κ2) is 6.37. The second-order valence-electron chi connectivity index (χ2n) is 4.95. The number of benzene rings is 1. The van der Waals surface area contributed by atoms with Gasteiger partial charge in [-0.05, 0) is 30.9 Å². The smallest absolute Gasteiger partial charge is 0.248 e. The Bertz CT molecular complexity index is 577. The van der Waals surface area contributed by atoms with Gasteiger partial charge in [0.15, 0.2) is 9.84 Å². The van der Waals surface area contributed by atoms with Gasteiger partial charge < -0.3 is 10.5 Å². The molecule has 0 unspecified atom stereocenters. The first-order valence-corrected chi connectivity index (χ1v) is 8.39. The van der Waals surface area contributed by atoms with Crippen molar-refractivity contribution in [1.82, 2.24) is 0 Å². The van der Waals surface area contributed by atoms with Crippen LogP contribution in [-0.2, 0) is 21.0 Å². The maximum Gasteiger partial charge on any atom is 0.248 e. The zero-order valence-electron chi connectivity index (χ0n) is 11.2.